The minimum atomic E-state index is 0.372. The van der Waals surface area contributed by atoms with E-state index in [2.05, 4.69) is 16.4 Å². The van der Waals surface area contributed by atoms with Crippen LogP contribution in [0.1, 0.15) is 23.6 Å². The fraction of sp³-hybridized carbons (Fsp3) is 0.381. The van der Waals surface area contributed by atoms with Gasteiger partial charge in [-0.15, -0.1) is 0 Å². The Kier molecular flexibility index (Phi) is 9.34. The number of hydrogen-bond donors (Lipinski definition) is 2. The molecule has 0 saturated heterocycles. The molecule has 0 atom stereocenters. The summed E-state index contributed by atoms with van der Waals surface area (Å²) in [6.07, 6.45) is 0. The third-order valence-electron chi connectivity index (χ3n) is 3.85. The van der Waals surface area contributed by atoms with E-state index in [1.165, 1.54) is 0 Å². The smallest absolute Gasteiger partial charge is 0.193 e. The molecular weight excluding hydrogens is 342 g/mol. The van der Waals surface area contributed by atoms with E-state index < -0.39 is 0 Å². The van der Waals surface area contributed by atoms with Crippen molar-refractivity contribution >= 4 is 11.6 Å². The fourth-order valence-electron chi connectivity index (χ4n) is 2.55. The van der Waals surface area contributed by atoms with Crippen molar-refractivity contribution in [3.8, 4) is 0 Å². The molecule has 0 aliphatic heterocycles. The summed E-state index contributed by atoms with van der Waals surface area (Å²) in [7, 11) is 1.67. The minimum absolute atomic E-state index is 0.372. The van der Waals surface area contributed by atoms with Crippen molar-refractivity contribution in [2.75, 3.05) is 32.2 Å². The first-order valence-corrected chi connectivity index (χ1v) is 9.10. The van der Waals surface area contributed by atoms with E-state index in [0.29, 0.717) is 45.5 Å². The molecule has 0 aliphatic rings. The zero-order valence-corrected chi connectivity index (χ0v) is 16.1. The van der Waals surface area contributed by atoms with E-state index in [9.17, 15) is 0 Å². The van der Waals surface area contributed by atoms with Gasteiger partial charge < -0.3 is 25.3 Å². The van der Waals surface area contributed by atoms with Crippen molar-refractivity contribution in [3.05, 3.63) is 65.2 Å². The van der Waals surface area contributed by atoms with Gasteiger partial charge in [0, 0.05) is 25.0 Å². The molecule has 27 heavy (non-hydrogen) atoms. The first kappa shape index (κ1) is 20.9. The van der Waals surface area contributed by atoms with Crippen LogP contribution in [0.5, 0.6) is 0 Å². The number of nitrogens with one attached hydrogen (secondary N) is 1. The van der Waals surface area contributed by atoms with Crippen LogP contribution in [0.4, 0.5) is 5.69 Å². The molecule has 2 aromatic rings. The van der Waals surface area contributed by atoms with Gasteiger partial charge in [-0.25, -0.2) is 4.99 Å². The Balaban J connectivity index is 1.88. The first-order chi connectivity index (χ1) is 13.2. The average molecular weight is 371 g/mol. The molecular formula is C21H29N3O3. The molecule has 2 rings (SSSR count). The van der Waals surface area contributed by atoms with E-state index in [4.69, 9.17) is 19.9 Å². The van der Waals surface area contributed by atoms with Gasteiger partial charge >= 0.3 is 0 Å². The largest absolute Gasteiger partial charge is 0.380 e. The summed E-state index contributed by atoms with van der Waals surface area (Å²) in [6.45, 7) is 5.47. The highest BCUT2D eigenvalue weighted by molar-refractivity contribution is 5.92. The maximum Gasteiger partial charge on any atom is 0.193 e. The van der Waals surface area contributed by atoms with Crippen molar-refractivity contribution in [2.24, 2.45) is 10.7 Å². The number of nitrogens with zero attached hydrogens (tertiary/aromatic N) is 1. The predicted octanol–water partition coefficient (Wildman–Crippen LogP) is 3.31. The SMILES string of the molecule is CCOCCOCc1cccc(CN=C(N)Nc2ccccc2COC)c1. The van der Waals surface area contributed by atoms with Crippen LogP contribution in [0.2, 0.25) is 0 Å². The van der Waals surface area contributed by atoms with Crippen molar-refractivity contribution in [3.63, 3.8) is 0 Å². The van der Waals surface area contributed by atoms with Gasteiger partial charge in [0.1, 0.15) is 0 Å². The third-order valence-corrected chi connectivity index (χ3v) is 3.85. The Morgan fingerprint density at radius 3 is 2.59 bits per heavy atom. The van der Waals surface area contributed by atoms with Crippen LogP contribution in [0, 0.1) is 0 Å². The first-order valence-electron chi connectivity index (χ1n) is 9.10. The predicted molar refractivity (Wildman–Crippen MR) is 109 cm³/mol. The highest BCUT2D eigenvalue weighted by atomic mass is 16.5. The molecule has 0 saturated carbocycles. The second-order valence-electron chi connectivity index (χ2n) is 5.99. The van der Waals surface area contributed by atoms with Gasteiger partial charge in [-0.2, -0.15) is 0 Å². The lowest BCUT2D eigenvalue weighted by molar-refractivity contribution is 0.0453. The van der Waals surface area contributed by atoms with Gasteiger partial charge in [-0.1, -0.05) is 42.5 Å². The van der Waals surface area contributed by atoms with E-state index in [0.717, 1.165) is 22.4 Å². The van der Waals surface area contributed by atoms with Crippen LogP contribution in [0.15, 0.2) is 53.5 Å². The molecule has 0 aliphatic carbocycles. The van der Waals surface area contributed by atoms with Crippen LogP contribution in [-0.2, 0) is 34.0 Å². The van der Waals surface area contributed by atoms with Crippen LogP contribution < -0.4 is 11.1 Å². The molecule has 0 amide bonds. The summed E-state index contributed by atoms with van der Waals surface area (Å²) in [5.74, 6) is 0.372. The fourth-order valence-corrected chi connectivity index (χ4v) is 2.55. The number of nitrogens with two attached hydrogens (primary N) is 1. The lowest BCUT2D eigenvalue weighted by atomic mass is 10.1. The van der Waals surface area contributed by atoms with E-state index >= 15 is 0 Å². The zero-order chi connectivity index (χ0) is 19.3. The quantitative estimate of drug-likeness (QED) is 0.360. The van der Waals surface area contributed by atoms with Gasteiger partial charge in [0.2, 0.25) is 0 Å². The summed E-state index contributed by atoms with van der Waals surface area (Å²) >= 11 is 0. The van der Waals surface area contributed by atoms with Gasteiger partial charge in [0.25, 0.3) is 0 Å². The average Bonchev–Trinajstić information content (AvgIpc) is 2.68. The molecule has 0 unspecified atom stereocenters. The molecule has 6 heteroatoms. The molecule has 0 heterocycles. The third kappa shape index (κ3) is 7.78. The lowest BCUT2D eigenvalue weighted by Gasteiger charge is -2.11. The Bertz CT molecular complexity index is 719. The molecule has 3 N–H and O–H groups in total. The molecule has 146 valence electrons. The normalized spacial score (nSPS) is 11.6. The standard InChI is InChI=1S/C21H29N3O3/c1-3-26-11-12-27-15-18-8-6-7-17(13-18)14-23-21(22)24-20-10-5-4-9-19(20)16-25-2/h4-10,13H,3,11-12,14-16H2,1-2H3,(H3,22,23,24). The summed E-state index contributed by atoms with van der Waals surface area (Å²) in [4.78, 5) is 4.43. The number of hydrogen-bond acceptors (Lipinski definition) is 4. The number of anilines is 1. The highest BCUT2D eigenvalue weighted by Gasteiger charge is 2.03. The summed E-state index contributed by atoms with van der Waals surface area (Å²) in [5.41, 5.74) is 10.2. The monoisotopic (exact) mass is 371 g/mol. The molecule has 0 spiro atoms. The van der Waals surface area contributed by atoms with Gasteiger partial charge in [-0.3, -0.25) is 0 Å². The Morgan fingerprint density at radius 1 is 1.00 bits per heavy atom. The Hall–Kier alpha value is -2.41. The maximum atomic E-state index is 6.04. The number of aliphatic imine (C=N–C) groups is 1. The van der Waals surface area contributed by atoms with Crippen molar-refractivity contribution in [2.45, 2.75) is 26.7 Å². The number of benzene rings is 2. The molecule has 0 bridgehead atoms. The lowest BCUT2D eigenvalue weighted by Crippen LogP contribution is -2.23. The van der Waals surface area contributed by atoms with Crippen LogP contribution in [0.3, 0.4) is 0 Å². The minimum Gasteiger partial charge on any atom is -0.380 e. The second kappa shape index (κ2) is 12.1. The zero-order valence-electron chi connectivity index (χ0n) is 16.1. The number of rotatable bonds is 11. The highest BCUT2D eigenvalue weighted by Crippen LogP contribution is 2.15. The number of para-hydroxylation sites is 1. The van der Waals surface area contributed by atoms with Crippen molar-refractivity contribution in [1.82, 2.24) is 0 Å². The Morgan fingerprint density at radius 2 is 1.78 bits per heavy atom. The summed E-state index contributed by atoms with van der Waals surface area (Å²) in [6, 6.07) is 16.0. The van der Waals surface area contributed by atoms with E-state index in [-0.39, 0.29) is 0 Å². The molecule has 0 fully saturated rings. The van der Waals surface area contributed by atoms with Crippen LogP contribution in [-0.4, -0.2) is 32.9 Å². The van der Waals surface area contributed by atoms with Gasteiger partial charge in [0.05, 0.1) is 33.0 Å². The molecule has 0 aromatic heterocycles. The van der Waals surface area contributed by atoms with Gasteiger partial charge in [0.15, 0.2) is 5.96 Å². The Labute approximate surface area is 161 Å². The molecule has 0 radical (unpaired) electrons. The van der Waals surface area contributed by atoms with Gasteiger partial charge in [-0.05, 0) is 24.1 Å². The van der Waals surface area contributed by atoms with Crippen LogP contribution in [0.25, 0.3) is 0 Å². The molecule has 2 aromatic carbocycles. The number of methoxy groups -OCH3 is 1. The van der Waals surface area contributed by atoms with Crippen molar-refractivity contribution < 1.29 is 14.2 Å². The van der Waals surface area contributed by atoms with Crippen LogP contribution >= 0.6 is 0 Å². The second-order valence-corrected chi connectivity index (χ2v) is 5.99. The number of guanidine groups is 1. The van der Waals surface area contributed by atoms with Crippen molar-refractivity contribution in [1.29, 1.82) is 0 Å². The summed E-state index contributed by atoms with van der Waals surface area (Å²) in [5, 5.41) is 3.14. The van der Waals surface area contributed by atoms with E-state index in [1.807, 2.05) is 49.4 Å². The topological polar surface area (TPSA) is 78.1 Å². The molecule has 6 nitrogen and oxygen atoms in total. The number of ether oxygens (including phenoxy) is 3. The van der Waals surface area contributed by atoms with E-state index in [1.54, 1.807) is 7.11 Å². The maximum absolute atomic E-state index is 6.04. The summed E-state index contributed by atoms with van der Waals surface area (Å²) < 4.78 is 16.1.